The maximum atomic E-state index is 13.3. The number of carbonyl (C=O) groups excluding carboxylic acids is 1. The molecular weight excluding hydrogens is 396 g/mol. The minimum Gasteiger partial charge on any atom is -0.467 e. The number of hydrogen-bond donors (Lipinski definition) is 0. The summed E-state index contributed by atoms with van der Waals surface area (Å²) in [5.41, 5.74) is 0.397. The van der Waals surface area contributed by atoms with Gasteiger partial charge in [0, 0.05) is 31.2 Å². The van der Waals surface area contributed by atoms with E-state index in [1.807, 2.05) is 0 Å². The highest BCUT2D eigenvalue weighted by molar-refractivity contribution is 6.31. The molecular formula is C21H19ClN2O5. The minimum atomic E-state index is -0.617. The lowest BCUT2D eigenvalue weighted by molar-refractivity contribution is 0.0310. The van der Waals surface area contributed by atoms with E-state index in [4.69, 9.17) is 25.2 Å². The van der Waals surface area contributed by atoms with Crippen molar-refractivity contribution < 1.29 is 18.4 Å². The molecule has 0 radical (unpaired) electrons. The molecule has 0 aliphatic carbocycles. The normalized spacial score (nSPS) is 19.8. The Labute approximate surface area is 171 Å². The lowest BCUT2D eigenvalue weighted by atomic mass is 10.0. The third kappa shape index (κ3) is 3.15. The number of furan rings is 1. The average Bonchev–Trinajstić information content (AvgIpc) is 3.35. The van der Waals surface area contributed by atoms with Gasteiger partial charge < -0.3 is 18.5 Å². The third-order valence-corrected chi connectivity index (χ3v) is 5.74. The first-order valence-corrected chi connectivity index (χ1v) is 9.92. The van der Waals surface area contributed by atoms with Crippen LogP contribution in [0.1, 0.15) is 27.9 Å². The van der Waals surface area contributed by atoms with Crippen LogP contribution < -0.4 is 5.43 Å². The van der Waals surface area contributed by atoms with E-state index in [0.717, 1.165) is 13.1 Å². The molecule has 0 bridgehead atoms. The van der Waals surface area contributed by atoms with Crippen LogP contribution in [0.5, 0.6) is 0 Å². The molecule has 0 unspecified atom stereocenters. The van der Waals surface area contributed by atoms with Gasteiger partial charge in [-0.2, -0.15) is 0 Å². The minimum absolute atomic E-state index is 0.0770. The van der Waals surface area contributed by atoms with Gasteiger partial charge in [0.25, 0.3) is 5.91 Å². The molecule has 0 N–H and O–H groups in total. The maximum Gasteiger partial charge on any atom is 0.291 e. The Balaban J connectivity index is 1.58. The number of carbonyl (C=O) groups is 1. The predicted octanol–water partition coefficient (Wildman–Crippen LogP) is 2.92. The molecule has 29 heavy (non-hydrogen) atoms. The van der Waals surface area contributed by atoms with Crippen LogP contribution in [0.3, 0.4) is 0 Å². The number of ether oxygens (including phenoxy) is 1. The van der Waals surface area contributed by atoms with Gasteiger partial charge in [-0.25, -0.2) is 0 Å². The van der Waals surface area contributed by atoms with Crippen LogP contribution in [0.4, 0.5) is 0 Å². The first-order chi connectivity index (χ1) is 14.1. The first kappa shape index (κ1) is 18.4. The van der Waals surface area contributed by atoms with Crippen LogP contribution in [0.15, 0.2) is 50.2 Å². The molecule has 3 aromatic rings. The Bertz CT molecular complexity index is 1120. The number of amides is 1. The monoisotopic (exact) mass is 414 g/mol. The van der Waals surface area contributed by atoms with Gasteiger partial charge in [-0.1, -0.05) is 11.6 Å². The van der Waals surface area contributed by atoms with Crippen LogP contribution in [0.25, 0.3) is 11.0 Å². The summed E-state index contributed by atoms with van der Waals surface area (Å²) in [7, 11) is 0. The Morgan fingerprint density at radius 2 is 1.93 bits per heavy atom. The zero-order valence-electron chi connectivity index (χ0n) is 15.6. The van der Waals surface area contributed by atoms with Crippen molar-refractivity contribution in [3.8, 4) is 0 Å². The van der Waals surface area contributed by atoms with E-state index in [-0.39, 0.29) is 17.1 Å². The number of halogens is 1. The van der Waals surface area contributed by atoms with E-state index in [1.165, 1.54) is 6.26 Å². The molecule has 1 aromatic carbocycles. The molecule has 7 nitrogen and oxygen atoms in total. The topological polar surface area (TPSA) is 76.1 Å². The second-order valence-electron chi connectivity index (χ2n) is 7.18. The first-order valence-electron chi connectivity index (χ1n) is 9.54. The third-order valence-electron chi connectivity index (χ3n) is 5.50. The fourth-order valence-electron chi connectivity index (χ4n) is 4.04. The molecule has 1 fully saturated rings. The van der Waals surface area contributed by atoms with Crippen molar-refractivity contribution in [3.05, 3.63) is 68.9 Å². The van der Waals surface area contributed by atoms with Crippen molar-refractivity contribution in [3.63, 3.8) is 0 Å². The second kappa shape index (κ2) is 7.33. The molecule has 150 valence electrons. The molecule has 2 aliphatic heterocycles. The van der Waals surface area contributed by atoms with Crippen LogP contribution in [0.2, 0.25) is 5.02 Å². The summed E-state index contributed by atoms with van der Waals surface area (Å²) in [6, 6.07) is 7.73. The number of rotatable bonds is 4. The van der Waals surface area contributed by atoms with Gasteiger partial charge >= 0.3 is 0 Å². The number of hydrogen-bond acceptors (Lipinski definition) is 6. The van der Waals surface area contributed by atoms with Crippen molar-refractivity contribution >= 4 is 28.5 Å². The molecule has 1 atom stereocenters. The van der Waals surface area contributed by atoms with Gasteiger partial charge in [-0.05, 0) is 30.3 Å². The fourth-order valence-corrected chi connectivity index (χ4v) is 4.21. The highest BCUT2D eigenvalue weighted by Crippen LogP contribution is 2.38. The molecule has 0 spiro atoms. The van der Waals surface area contributed by atoms with Gasteiger partial charge in [0.2, 0.25) is 5.76 Å². The summed E-state index contributed by atoms with van der Waals surface area (Å²) in [4.78, 5) is 30.4. The van der Waals surface area contributed by atoms with E-state index in [9.17, 15) is 9.59 Å². The largest absolute Gasteiger partial charge is 0.467 e. The summed E-state index contributed by atoms with van der Waals surface area (Å²) in [6.45, 7) is 4.13. The Kier molecular flexibility index (Phi) is 4.66. The van der Waals surface area contributed by atoms with Gasteiger partial charge in [0.05, 0.1) is 30.4 Å². The summed E-state index contributed by atoms with van der Waals surface area (Å²) >= 11 is 6.08. The molecule has 4 heterocycles. The van der Waals surface area contributed by atoms with Crippen LogP contribution in [-0.2, 0) is 4.74 Å². The highest BCUT2D eigenvalue weighted by atomic mass is 35.5. The van der Waals surface area contributed by atoms with Crippen LogP contribution >= 0.6 is 11.6 Å². The average molecular weight is 415 g/mol. The van der Waals surface area contributed by atoms with Crippen molar-refractivity contribution in [2.75, 3.05) is 39.4 Å². The molecule has 2 aliphatic rings. The SMILES string of the molecule is O=C1c2oc3ccc(Cl)cc3c(=O)c2[C@H](c2ccco2)N1CCN1CCOCC1. The van der Waals surface area contributed by atoms with Crippen molar-refractivity contribution in [1.29, 1.82) is 0 Å². The molecule has 1 amide bonds. The van der Waals surface area contributed by atoms with Crippen LogP contribution in [0, 0.1) is 0 Å². The summed E-state index contributed by atoms with van der Waals surface area (Å²) < 4.78 is 16.9. The van der Waals surface area contributed by atoms with Gasteiger partial charge in [0.15, 0.2) is 5.43 Å². The van der Waals surface area contributed by atoms with Crippen LogP contribution in [-0.4, -0.2) is 55.1 Å². The zero-order valence-corrected chi connectivity index (χ0v) is 16.4. The summed E-state index contributed by atoms with van der Waals surface area (Å²) in [5, 5.41) is 0.795. The van der Waals surface area contributed by atoms with E-state index < -0.39 is 6.04 Å². The van der Waals surface area contributed by atoms with E-state index >= 15 is 0 Å². The summed E-state index contributed by atoms with van der Waals surface area (Å²) in [5.74, 6) is 0.310. The quantitative estimate of drug-likeness (QED) is 0.653. The van der Waals surface area contributed by atoms with E-state index in [2.05, 4.69) is 4.90 Å². The zero-order chi connectivity index (χ0) is 20.0. The van der Waals surface area contributed by atoms with Crippen molar-refractivity contribution in [2.24, 2.45) is 0 Å². The second-order valence-corrected chi connectivity index (χ2v) is 7.62. The van der Waals surface area contributed by atoms with Crippen molar-refractivity contribution in [2.45, 2.75) is 6.04 Å². The Hall–Kier alpha value is -2.61. The smallest absolute Gasteiger partial charge is 0.291 e. The maximum absolute atomic E-state index is 13.3. The number of morpholine rings is 1. The number of benzene rings is 1. The van der Waals surface area contributed by atoms with Gasteiger partial charge in [-0.3, -0.25) is 14.5 Å². The van der Waals surface area contributed by atoms with Gasteiger partial charge in [-0.15, -0.1) is 0 Å². The molecule has 0 saturated carbocycles. The van der Waals surface area contributed by atoms with E-state index in [1.54, 1.807) is 35.2 Å². The molecule has 5 rings (SSSR count). The van der Waals surface area contributed by atoms with Crippen molar-refractivity contribution in [1.82, 2.24) is 9.80 Å². The molecule has 1 saturated heterocycles. The predicted molar refractivity (Wildman–Crippen MR) is 106 cm³/mol. The van der Waals surface area contributed by atoms with Gasteiger partial charge in [0.1, 0.15) is 17.4 Å². The molecule has 2 aromatic heterocycles. The summed E-state index contributed by atoms with van der Waals surface area (Å²) in [6.07, 6.45) is 1.54. The highest BCUT2D eigenvalue weighted by Gasteiger charge is 2.44. The lowest BCUT2D eigenvalue weighted by Gasteiger charge is -2.30. The Morgan fingerprint density at radius 3 is 2.69 bits per heavy atom. The standard InChI is InChI=1S/C21H19ClN2O5/c22-13-3-4-15-14(12-13)19(25)17-18(16-2-1-9-28-16)24(21(26)20(17)29-15)6-5-23-7-10-27-11-8-23/h1-4,9,12,18H,5-8,10-11H2/t18-/m0/s1. The number of fused-ring (bicyclic) bond motifs is 2. The Morgan fingerprint density at radius 1 is 1.10 bits per heavy atom. The fraction of sp³-hybridized carbons (Fsp3) is 0.333. The van der Waals surface area contributed by atoms with E-state index in [0.29, 0.717) is 53.6 Å². The lowest BCUT2D eigenvalue weighted by Crippen LogP contribution is -2.42. The molecule has 8 heteroatoms. The number of nitrogens with zero attached hydrogens (tertiary/aromatic N) is 2.